The van der Waals surface area contributed by atoms with Crippen molar-refractivity contribution >= 4 is 31.3 Å². The molecule has 1 aliphatic heterocycles. The van der Waals surface area contributed by atoms with Gasteiger partial charge < -0.3 is 0 Å². The summed E-state index contributed by atoms with van der Waals surface area (Å²) in [5.74, 6) is 0.293. The molecule has 0 fully saturated rings. The van der Waals surface area contributed by atoms with E-state index in [4.69, 9.17) is 0 Å². The molecule has 1 aliphatic rings. The van der Waals surface area contributed by atoms with Gasteiger partial charge in [-0.05, 0) is 0 Å². The Labute approximate surface area is 90.4 Å². The van der Waals surface area contributed by atoms with Crippen LogP contribution in [0.3, 0.4) is 0 Å². The van der Waals surface area contributed by atoms with Gasteiger partial charge in [-0.25, -0.2) is 0 Å². The monoisotopic (exact) mass is 252 g/mol. The third kappa shape index (κ3) is 2.14. The zero-order valence-electron chi connectivity index (χ0n) is 8.07. The fraction of sp³-hybridized carbons (Fsp3) is 0.250. The first-order valence-electron chi connectivity index (χ1n) is 4.69. The second-order valence-electron chi connectivity index (χ2n) is 3.46. The molecule has 0 bridgehead atoms. The number of fused-ring (bicyclic) bond motifs is 1. The maximum atomic E-state index is 11.0. The third-order valence-corrected chi connectivity index (χ3v) is 4.80. The topological polar surface area (TPSA) is 17.1 Å². The summed E-state index contributed by atoms with van der Waals surface area (Å²) in [7, 11) is 0. The van der Waals surface area contributed by atoms with Crippen LogP contribution >= 0.6 is 0 Å². The molecule has 0 amide bonds. The van der Waals surface area contributed by atoms with Crippen LogP contribution < -0.4 is 4.46 Å². The Hall–Kier alpha value is -0.851. The molecule has 0 aliphatic carbocycles. The number of Topliss-reactive ketones (excluding diaryl/α,β-unsaturated/α-hetero) is 1. The Kier molecular flexibility index (Phi) is 2.85. The maximum absolute atomic E-state index is 11.0. The Morgan fingerprint density at radius 3 is 3.00 bits per heavy atom. The van der Waals surface area contributed by atoms with Crippen molar-refractivity contribution in [2.75, 3.05) is 0 Å². The molecule has 1 nitrogen and oxygen atoms in total. The van der Waals surface area contributed by atoms with Gasteiger partial charge in [0.15, 0.2) is 0 Å². The summed E-state index contributed by atoms with van der Waals surface area (Å²) in [5, 5.41) is 0. The van der Waals surface area contributed by atoms with Gasteiger partial charge in [0.1, 0.15) is 0 Å². The van der Waals surface area contributed by atoms with Crippen molar-refractivity contribution < 1.29 is 4.79 Å². The molecular weight excluding hydrogens is 239 g/mol. The molecule has 1 heterocycles. The Balaban J connectivity index is 2.17. The van der Waals surface area contributed by atoms with Crippen molar-refractivity contribution in [3.63, 3.8) is 0 Å². The van der Waals surface area contributed by atoms with E-state index in [2.05, 4.69) is 36.4 Å². The van der Waals surface area contributed by atoms with Gasteiger partial charge in [0.25, 0.3) is 0 Å². The van der Waals surface area contributed by atoms with Gasteiger partial charge in [-0.3, -0.25) is 0 Å². The van der Waals surface area contributed by atoms with Crippen LogP contribution in [0.4, 0.5) is 0 Å². The molecule has 1 aromatic rings. The molecule has 0 saturated heterocycles. The Bertz CT molecular complexity index is 382. The van der Waals surface area contributed by atoms with Crippen LogP contribution in [0, 0.1) is 0 Å². The van der Waals surface area contributed by atoms with Crippen LogP contribution in [0.2, 0.25) is 4.82 Å². The van der Waals surface area contributed by atoms with Gasteiger partial charge in [0, 0.05) is 0 Å². The van der Waals surface area contributed by atoms with Crippen molar-refractivity contribution in [3.8, 4) is 0 Å². The van der Waals surface area contributed by atoms with Gasteiger partial charge in [-0.2, -0.15) is 0 Å². The van der Waals surface area contributed by atoms with Gasteiger partial charge in [0.05, 0.1) is 0 Å². The van der Waals surface area contributed by atoms with Crippen molar-refractivity contribution in [3.05, 3.63) is 35.9 Å². The van der Waals surface area contributed by atoms with Crippen LogP contribution in [0.1, 0.15) is 18.9 Å². The Morgan fingerprint density at radius 1 is 1.43 bits per heavy atom. The quantitative estimate of drug-likeness (QED) is 0.733. The van der Waals surface area contributed by atoms with E-state index in [1.165, 1.54) is 10.0 Å². The Morgan fingerprint density at radius 2 is 2.21 bits per heavy atom. The minimum absolute atomic E-state index is 0.293. The van der Waals surface area contributed by atoms with Crippen LogP contribution in [0.5, 0.6) is 0 Å². The SMILES string of the molecule is CC(=O)CC1C=Cc2ccccc2[Se]1. The summed E-state index contributed by atoms with van der Waals surface area (Å²) in [6.07, 6.45) is 5.03. The fourth-order valence-corrected chi connectivity index (χ4v) is 4.11. The summed E-state index contributed by atoms with van der Waals surface area (Å²) >= 11 is 0.428. The fourth-order valence-electron chi connectivity index (χ4n) is 1.53. The molecule has 0 radical (unpaired) electrons. The molecule has 14 heavy (non-hydrogen) atoms. The molecule has 0 aromatic heterocycles. The summed E-state index contributed by atoms with van der Waals surface area (Å²) < 4.78 is 1.42. The van der Waals surface area contributed by atoms with Crippen LogP contribution in [-0.4, -0.2) is 20.7 Å². The van der Waals surface area contributed by atoms with E-state index >= 15 is 0 Å². The number of hydrogen-bond acceptors (Lipinski definition) is 1. The van der Waals surface area contributed by atoms with Crippen molar-refractivity contribution in [1.29, 1.82) is 0 Å². The van der Waals surface area contributed by atoms with E-state index < -0.39 is 0 Å². The van der Waals surface area contributed by atoms with E-state index in [0.29, 0.717) is 32.0 Å². The number of hydrogen-bond donors (Lipinski definition) is 0. The molecule has 1 atom stereocenters. The van der Waals surface area contributed by atoms with Gasteiger partial charge in [-0.15, -0.1) is 0 Å². The van der Waals surface area contributed by atoms with Crippen molar-refractivity contribution in [2.45, 2.75) is 18.2 Å². The molecule has 72 valence electrons. The number of rotatable bonds is 2. The third-order valence-electron chi connectivity index (χ3n) is 2.18. The molecule has 2 rings (SSSR count). The standard InChI is InChI=1S/C12H12OSe/c1-9(13)8-11-7-6-10-4-2-3-5-12(10)14-11/h2-7,11H,8H2,1H3. The molecule has 1 aromatic carbocycles. The molecule has 1 unspecified atom stereocenters. The summed E-state index contributed by atoms with van der Waals surface area (Å²) in [6, 6.07) is 8.44. The second kappa shape index (κ2) is 4.12. The molecule has 0 saturated carbocycles. The number of carbonyl (C=O) groups excluding carboxylic acids is 1. The second-order valence-corrected chi connectivity index (χ2v) is 6.15. The number of benzene rings is 1. The van der Waals surface area contributed by atoms with Crippen molar-refractivity contribution in [1.82, 2.24) is 0 Å². The average Bonchev–Trinajstić information content (AvgIpc) is 2.17. The average molecular weight is 251 g/mol. The summed E-state index contributed by atoms with van der Waals surface area (Å²) in [6.45, 7) is 1.67. The van der Waals surface area contributed by atoms with E-state index in [-0.39, 0.29) is 0 Å². The van der Waals surface area contributed by atoms with Crippen molar-refractivity contribution in [2.24, 2.45) is 0 Å². The first kappa shape index (κ1) is 9.69. The van der Waals surface area contributed by atoms with E-state index in [1.807, 2.05) is 0 Å². The normalized spacial score (nSPS) is 19.1. The van der Waals surface area contributed by atoms with Gasteiger partial charge >= 0.3 is 90.1 Å². The van der Waals surface area contributed by atoms with Gasteiger partial charge in [-0.1, -0.05) is 0 Å². The number of allylic oxidation sites excluding steroid dienone is 1. The van der Waals surface area contributed by atoms with E-state index in [1.54, 1.807) is 6.92 Å². The predicted molar refractivity (Wildman–Crippen MR) is 59.9 cm³/mol. The zero-order chi connectivity index (χ0) is 9.97. The summed E-state index contributed by atoms with van der Waals surface area (Å²) in [4.78, 5) is 11.5. The zero-order valence-corrected chi connectivity index (χ0v) is 9.78. The van der Waals surface area contributed by atoms with E-state index in [9.17, 15) is 4.79 Å². The molecule has 2 heteroatoms. The van der Waals surface area contributed by atoms with Crippen LogP contribution in [0.25, 0.3) is 6.08 Å². The molecule has 0 spiro atoms. The van der Waals surface area contributed by atoms with Crippen LogP contribution in [-0.2, 0) is 4.79 Å². The first-order chi connectivity index (χ1) is 6.75. The molecular formula is C12H12OSe. The number of ketones is 1. The van der Waals surface area contributed by atoms with Gasteiger partial charge in [0.2, 0.25) is 0 Å². The van der Waals surface area contributed by atoms with Crippen LogP contribution in [0.15, 0.2) is 30.3 Å². The first-order valence-corrected chi connectivity index (χ1v) is 6.53. The molecule has 0 N–H and O–H groups in total. The summed E-state index contributed by atoms with van der Waals surface area (Å²) in [5.41, 5.74) is 1.33. The minimum atomic E-state index is 0.293. The number of carbonyl (C=O) groups is 1. The predicted octanol–water partition coefficient (Wildman–Crippen LogP) is 1.81. The van der Waals surface area contributed by atoms with E-state index in [0.717, 1.165) is 0 Å².